The van der Waals surface area contributed by atoms with E-state index in [-0.39, 0.29) is 0 Å². The summed E-state index contributed by atoms with van der Waals surface area (Å²) in [7, 11) is 1.73. The molecule has 1 N–H and O–H groups in total. The Morgan fingerprint density at radius 1 is 1.27 bits per heavy atom. The van der Waals surface area contributed by atoms with Crippen molar-refractivity contribution in [3.8, 4) is 0 Å². The van der Waals surface area contributed by atoms with Crippen LogP contribution in [0, 0.1) is 0 Å². The molecular weight excluding hydrogens is 328 g/mol. The van der Waals surface area contributed by atoms with Crippen LogP contribution in [0.25, 0.3) is 0 Å². The van der Waals surface area contributed by atoms with Gasteiger partial charge in [-0.15, -0.1) is 0 Å². The van der Waals surface area contributed by atoms with E-state index in [4.69, 9.17) is 14.5 Å². The van der Waals surface area contributed by atoms with Crippen LogP contribution in [0.3, 0.4) is 0 Å². The van der Waals surface area contributed by atoms with E-state index in [0.717, 1.165) is 51.9 Å². The Labute approximate surface area is 157 Å². The molecule has 2 aliphatic rings. The maximum absolute atomic E-state index is 5.49. The molecule has 6 heteroatoms. The number of benzene rings is 1. The highest BCUT2D eigenvalue weighted by molar-refractivity contribution is 5.80. The van der Waals surface area contributed by atoms with Crippen LogP contribution in [-0.2, 0) is 22.6 Å². The first-order valence-electron chi connectivity index (χ1n) is 9.72. The molecule has 3 rings (SSSR count). The number of guanidine groups is 1. The number of nitrogens with one attached hydrogen (secondary N) is 1. The average Bonchev–Trinajstić information content (AvgIpc) is 3.16. The van der Waals surface area contributed by atoms with E-state index in [1.54, 1.807) is 7.11 Å². The Bertz CT molecular complexity index is 587. The molecule has 2 aliphatic heterocycles. The van der Waals surface area contributed by atoms with Gasteiger partial charge in [0, 0.05) is 45.9 Å². The normalized spacial score (nSPS) is 22.0. The maximum Gasteiger partial charge on any atom is 0.194 e. The Kier molecular flexibility index (Phi) is 7.29. The molecule has 2 fully saturated rings. The molecule has 1 unspecified atom stereocenters. The van der Waals surface area contributed by atoms with Crippen LogP contribution in [0.1, 0.15) is 24.5 Å². The van der Waals surface area contributed by atoms with Crippen molar-refractivity contribution in [1.82, 2.24) is 15.1 Å². The number of rotatable bonds is 6. The number of likely N-dealkylation sites (tertiary alicyclic amines) is 1. The number of morpholine rings is 1. The van der Waals surface area contributed by atoms with Crippen molar-refractivity contribution in [2.75, 3.05) is 53.0 Å². The molecule has 6 nitrogen and oxygen atoms in total. The molecule has 0 aliphatic carbocycles. The van der Waals surface area contributed by atoms with Crippen LogP contribution in [0.5, 0.6) is 0 Å². The molecule has 1 atom stereocenters. The third kappa shape index (κ3) is 5.19. The summed E-state index contributed by atoms with van der Waals surface area (Å²) in [6.45, 7) is 10.3. The van der Waals surface area contributed by atoms with Gasteiger partial charge in [0.2, 0.25) is 0 Å². The van der Waals surface area contributed by atoms with Gasteiger partial charge in [0.05, 0.1) is 26.4 Å². The first-order valence-corrected chi connectivity index (χ1v) is 9.72. The number of nitrogens with zero attached hydrogens (tertiary/aromatic N) is 3. The predicted molar refractivity (Wildman–Crippen MR) is 104 cm³/mol. The van der Waals surface area contributed by atoms with E-state index in [2.05, 4.69) is 46.3 Å². The van der Waals surface area contributed by atoms with Crippen molar-refractivity contribution in [1.29, 1.82) is 0 Å². The van der Waals surface area contributed by atoms with Crippen molar-refractivity contribution in [3.63, 3.8) is 0 Å². The van der Waals surface area contributed by atoms with Crippen molar-refractivity contribution in [3.05, 3.63) is 35.4 Å². The summed E-state index contributed by atoms with van der Waals surface area (Å²) in [6, 6.07) is 9.10. The number of hydrogen-bond acceptors (Lipinski definition) is 4. The molecule has 0 saturated carbocycles. The lowest BCUT2D eigenvalue weighted by Crippen LogP contribution is -2.46. The minimum absolute atomic E-state index is 0.618. The zero-order valence-electron chi connectivity index (χ0n) is 16.1. The zero-order valence-corrected chi connectivity index (χ0v) is 16.1. The van der Waals surface area contributed by atoms with Crippen LogP contribution in [0.15, 0.2) is 29.3 Å². The highest BCUT2D eigenvalue weighted by atomic mass is 16.5. The monoisotopic (exact) mass is 360 g/mol. The van der Waals surface area contributed by atoms with Gasteiger partial charge >= 0.3 is 0 Å². The summed E-state index contributed by atoms with van der Waals surface area (Å²) in [5.74, 6) is 1.03. The van der Waals surface area contributed by atoms with Crippen LogP contribution >= 0.6 is 0 Å². The molecule has 0 radical (unpaired) electrons. The summed E-state index contributed by atoms with van der Waals surface area (Å²) in [6.07, 6.45) is 1.20. The third-order valence-electron chi connectivity index (χ3n) is 5.07. The third-order valence-corrected chi connectivity index (χ3v) is 5.07. The number of ether oxygens (including phenoxy) is 2. The van der Waals surface area contributed by atoms with Gasteiger partial charge in [0.25, 0.3) is 0 Å². The molecular formula is C20H32N4O2. The largest absolute Gasteiger partial charge is 0.380 e. The minimum Gasteiger partial charge on any atom is -0.380 e. The summed E-state index contributed by atoms with van der Waals surface area (Å²) in [5.41, 5.74) is 2.41. The molecule has 2 heterocycles. The van der Waals surface area contributed by atoms with E-state index in [1.165, 1.54) is 17.5 Å². The van der Waals surface area contributed by atoms with E-state index >= 15 is 0 Å². The highest BCUT2D eigenvalue weighted by Crippen LogP contribution is 2.17. The summed E-state index contributed by atoms with van der Waals surface area (Å²) >= 11 is 0. The van der Waals surface area contributed by atoms with Crippen molar-refractivity contribution >= 4 is 5.96 Å². The average molecular weight is 361 g/mol. The van der Waals surface area contributed by atoms with Gasteiger partial charge in [-0.05, 0) is 24.5 Å². The second kappa shape index (κ2) is 9.90. The highest BCUT2D eigenvalue weighted by Gasteiger charge is 2.30. The summed E-state index contributed by atoms with van der Waals surface area (Å²) in [4.78, 5) is 9.87. The fourth-order valence-corrected chi connectivity index (χ4v) is 3.75. The summed E-state index contributed by atoms with van der Waals surface area (Å²) < 4.78 is 10.7. The molecule has 144 valence electrons. The lowest BCUT2D eigenvalue weighted by atomic mass is 10.1. The van der Waals surface area contributed by atoms with E-state index in [0.29, 0.717) is 19.2 Å². The van der Waals surface area contributed by atoms with Crippen LogP contribution in [0.4, 0.5) is 0 Å². The van der Waals surface area contributed by atoms with Crippen LogP contribution in [0.2, 0.25) is 0 Å². The predicted octanol–water partition coefficient (Wildman–Crippen LogP) is 1.71. The van der Waals surface area contributed by atoms with Crippen LogP contribution in [-0.4, -0.2) is 74.8 Å². The van der Waals surface area contributed by atoms with Gasteiger partial charge in [-0.1, -0.05) is 24.3 Å². The van der Waals surface area contributed by atoms with Crippen molar-refractivity contribution < 1.29 is 9.47 Å². The molecule has 0 spiro atoms. The Balaban J connectivity index is 1.61. The standard InChI is InChI=1S/C20H32N4O2/c1-3-21-20(22-14-17-5-4-6-18(13-17)16-25-2)24-8-7-19(15-24)23-9-11-26-12-10-23/h4-6,13,19H,3,7-12,14-16H2,1-2H3,(H,21,22). The fourth-order valence-electron chi connectivity index (χ4n) is 3.75. The summed E-state index contributed by atoms with van der Waals surface area (Å²) in [5, 5.41) is 3.47. The quantitative estimate of drug-likeness (QED) is 0.618. The molecule has 26 heavy (non-hydrogen) atoms. The van der Waals surface area contributed by atoms with E-state index in [1.807, 2.05) is 0 Å². The van der Waals surface area contributed by atoms with E-state index in [9.17, 15) is 0 Å². The number of hydrogen-bond donors (Lipinski definition) is 1. The first-order chi connectivity index (χ1) is 12.8. The van der Waals surface area contributed by atoms with Gasteiger partial charge < -0.3 is 19.7 Å². The first kappa shape index (κ1) is 19.1. The Morgan fingerprint density at radius 2 is 2.08 bits per heavy atom. The second-order valence-electron chi connectivity index (χ2n) is 6.96. The van der Waals surface area contributed by atoms with Crippen molar-refractivity contribution in [2.24, 2.45) is 4.99 Å². The van der Waals surface area contributed by atoms with Gasteiger partial charge in [-0.2, -0.15) is 0 Å². The molecule has 2 saturated heterocycles. The van der Waals surface area contributed by atoms with Gasteiger partial charge in [-0.25, -0.2) is 4.99 Å². The van der Waals surface area contributed by atoms with Gasteiger partial charge in [-0.3, -0.25) is 4.90 Å². The molecule has 1 aromatic rings. The van der Waals surface area contributed by atoms with E-state index < -0.39 is 0 Å². The van der Waals surface area contributed by atoms with Crippen LogP contribution < -0.4 is 5.32 Å². The lowest BCUT2D eigenvalue weighted by molar-refractivity contribution is 0.0195. The molecule has 0 amide bonds. The lowest BCUT2D eigenvalue weighted by Gasteiger charge is -2.32. The molecule has 0 bridgehead atoms. The van der Waals surface area contributed by atoms with Crippen molar-refractivity contribution in [2.45, 2.75) is 32.5 Å². The maximum atomic E-state index is 5.49. The molecule has 0 aromatic heterocycles. The Hall–Kier alpha value is -1.63. The Morgan fingerprint density at radius 3 is 2.85 bits per heavy atom. The topological polar surface area (TPSA) is 49.3 Å². The zero-order chi connectivity index (χ0) is 18.2. The fraction of sp³-hybridized carbons (Fsp3) is 0.650. The molecule has 1 aromatic carbocycles. The van der Waals surface area contributed by atoms with Gasteiger partial charge in [0.1, 0.15) is 0 Å². The van der Waals surface area contributed by atoms with Gasteiger partial charge in [0.15, 0.2) is 5.96 Å². The second-order valence-corrected chi connectivity index (χ2v) is 6.96. The number of aliphatic imine (C=N–C) groups is 1. The smallest absolute Gasteiger partial charge is 0.194 e. The number of methoxy groups -OCH3 is 1. The minimum atomic E-state index is 0.618. The SMILES string of the molecule is CCNC(=NCc1cccc(COC)c1)N1CCC(N2CCOCC2)C1.